The number of rotatable bonds is 10. The van der Waals surface area contributed by atoms with Gasteiger partial charge in [0.05, 0.1) is 15.3 Å². The van der Waals surface area contributed by atoms with Gasteiger partial charge >= 0.3 is 0 Å². The van der Waals surface area contributed by atoms with Gasteiger partial charge in [-0.3, -0.25) is 9.69 Å². The zero-order valence-electron chi connectivity index (χ0n) is 18.3. The standard InChI is InChI=1S/C22H25F2N3O3S2.ClH/c1-3-26(4-2)11-12-27(22-25-21-18(24)14-16(23)15-19(21)31-22)20(28)10-13-32(29,30)17-8-6-5-7-9-17;/h5-9,14-15H,3-4,10-13H2,1-2H3;1H. The summed E-state index contributed by atoms with van der Waals surface area (Å²) in [5.74, 6) is -2.31. The molecule has 0 saturated carbocycles. The molecule has 0 fully saturated rings. The van der Waals surface area contributed by atoms with Gasteiger partial charge in [0, 0.05) is 25.6 Å². The van der Waals surface area contributed by atoms with Crippen LogP contribution in [-0.2, 0) is 14.6 Å². The Labute approximate surface area is 202 Å². The SMILES string of the molecule is CCN(CC)CCN(C(=O)CCS(=O)(=O)c1ccccc1)c1nc2c(F)cc(F)cc2s1.Cl. The number of benzene rings is 2. The van der Waals surface area contributed by atoms with Crippen molar-refractivity contribution in [3.05, 3.63) is 54.1 Å². The van der Waals surface area contributed by atoms with Gasteiger partial charge in [-0.1, -0.05) is 43.4 Å². The molecule has 0 aliphatic carbocycles. The van der Waals surface area contributed by atoms with Crippen molar-refractivity contribution in [3.63, 3.8) is 0 Å². The molecule has 1 aromatic heterocycles. The number of anilines is 1. The van der Waals surface area contributed by atoms with E-state index in [1.54, 1.807) is 18.2 Å². The Morgan fingerprint density at radius 3 is 2.36 bits per heavy atom. The number of thiazole rings is 1. The van der Waals surface area contributed by atoms with Crippen LogP contribution in [0.2, 0.25) is 0 Å². The van der Waals surface area contributed by atoms with Crippen molar-refractivity contribution in [2.75, 3.05) is 36.8 Å². The van der Waals surface area contributed by atoms with Crippen molar-refractivity contribution in [2.45, 2.75) is 25.2 Å². The molecule has 0 spiro atoms. The van der Waals surface area contributed by atoms with Crippen LogP contribution in [0.4, 0.5) is 13.9 Å². The Morgan fingerprint density at radius 2 is 1.73 bits per heavy atom. The molecule has 6 nitrogen and oxygen atoms in total. The molecule has 0 radical (unpaired) electrons. The molecule has 3 rings (SSSR count). The lowest BCUT2D eigenvalue weighted by Gasteiger charge is -2.24. The van der Waals surface area contributed by atoms with E-state index in [9.17, 15) is 22.0 Å². The first-order chi connectivity index (χ1) is 15.2. The van der Waals surface area contributed by atoms with Crippen molar-refractivity contribution in [1.29, 1.82) is 0 Å². The fraction of sp³-hybridized carbons (Fsp3) is 0.364. The molecular formula is C22H26ClF2N3O3S2. The van der Waals surface area contributed by atoms with Gasteiger partial charge in [-0.15, -0.1) is 12.4 Å². The molecule has 0 unspecified atom stereocenters. The monoisotopic (exact) mass is 517 g/mol. The van der Waals surface area contributed by atoms with E-state index >= 15 is 0 Å². The van der Waals surface area contributed by atoms with Gasteiger partial charge in [0.15, 0.2) is 20.8 Å². The summed E-state index contributed by atoms with van der Waals surface area (Å²) in [6.07, 6.45) is -0.248. The summed E-state index contributed by atoms with van der Waals surface area (Å²) in [7, 11) is -3.63. The number of hydrogen-bond donors (Lipinski definition) is 0. The highest BCUT2D eigenvalue weighted by Gasteiger charge is 2.24. The first-order valence-corrected chi connectivity index (χ1v) is 12.8. The van der Waals surface area contributed by atoms with Crippen LogP contribution in [0.1, 0.15) is 20.3 Å². The summed E-state index contributed by atoms with van der Waals surface area (Å²) in [5.41, 5.74) is -0.0102. The second kappa shape index (κ2) is 11.8. The maximum atomic E-state index is 14.2. The molecule has 180 valence electrons. The Kier molecular flexibility index (Phi) is 9.71. The lowest BCUT2D eigenvalue weighted by molar-refractivity contribution is -0.118. The second-order valence-corrected chi connectivity index (χ2v) is 10.3. The Hall–Kier alpha value is -2.14. The van der Waals surface area contributed by atoms with Gasteiger partial charge in [0.1, 0.15) is 11.3 Å². The molecule has 33 heavy (non-hydrogen) atoms. The van der Waals surface area contributed by atoms with Crippen molar-refractivity contribution < 1.29 is 22.0 Å². The minimum absolute atomic E-state index is 0. The summed E-state index contributed by atoms with van der Waals surface area (Å²) in [6, 6.07) is 9.87. The van der Waals surface area contributed by atoms with Crippen LogP contribution in [0.25, 0.3) is 10.2 Å². The summed E-state index contributed by atoms with van der Waals surface area (Å²) in [5, 5.41) is 0.221. The lowest BCUT2D eigenvalue weighted by atomic mass is 10.3. The van der Waals surface area contributed by atoms with Gasteiger partial charge < -0.3 is 4.90 Å². The third kappa shape index (κ3) is 6.69. The van der Waals surface area contributed by atoms with Gasteiger partial charge in [0.2, 0.25) is 5.91 Å². The normalized spacial score (nSPS) is 11.5. The first-order valence-electron chi connectivity index (χ1n) is 10.3. The highest BCUT2D eigenvalue weighted by molar-refractivity contribution is 7.91. The Morgan fingerprint density at radius 1 is 1.06 bits per heavy atom. The number of carbonyl (C=O) groups is 1. The third-order valence-corrected chi connectivity index (χ3v) is 7.91. The Balaban J connectivity index is 0.00000385. The molecule has 0 aliphatic rings. The molecule has 0 aliphatic heterocycles. The number of likely N-dealkylation sites (N-methyl/N-ethyl adjacent to an activating group) is 1. The smallest absolute Gasteiger partial charge is 0.229 e. The number of nitrogens with zero attached hydrogens (tertiary/aromatic N) is 3. The predicted molar refractivity (Wildman–Crippen MR) is 130 cm³/mol. The van der Waals surface area contributed by atoms with Gasteiger partial charge in [-0.25, -0.2) is 22.2 Å². The fourth-order valence-electron chi connectivity index (χ4n) is 3.27. The molecular weight excluding hydrogens is 492 g/mol. The highest BCUT2D eigenvalue weighted by atomic mass is 35.5. The van der Waals surface area contributed by atoms with E-state index in [0.29, 0.717) is 6.54 Å². The van der Waals surface area contributed by atoms with Crippen LogP contribution in [0.3, 0.4) is 0 Å². The predicted octanol–water partition coefficient (Wildman–Crippen LogP) is 4.54. The fourth-order valence-corrected chi connectivity index (χ4v) is 5.57. The quantitative estimate of drug-likeness (QED) is 0.395. The molecule has 11 heteroatoms. The van der Waals surface area contributed by atoms with Gasteiger partial charge in [-0.2, -0.15) is 0 Å². The molecule has 0 atom stereocenters. The number of fused-ring (bicyclic) bond motifs is 1. The zero-order chi connectivity index (χ0) is 23.3. The van der Waals surface area contributed by atoms with Crippen LogP contribution in [-0.4, -0.2) is 56.1 Å². The van der Waals surface area contributed by atoms with E-state index in [-0.39, 0.29) is 51.4 Å². The van der Waals surface area contributed by atoms with E-state index in [2.05, 4.69) is 9.88 Å². The van der Waals surface area contributed by atoms with Gasteiger partial charge in [-0.05, 0) is 31.3 Å². The van der Waals surface area contributed by atoms with Gasteiger partial charge in [0.25, 0.3) is 0 Å². The molecule has 0 N–H and O–H groups in total. The minimum Gasteiger partial charge on any atom is -0.302 e. The maximum Gasteiger partial charge on any atom is 0.229 e. The zero-order valence-corrected chi connectivity index (χ0v) is 20.8. The molecule has 3 aromatic rings. The number of aromatic nitrogens is 1. The largest absolute Gasteiger partial charge is 0.302 e. The van der Waals surface area contributed by atoms with Crippen LogP contribution in [0.15, 0.2) is 47.4 Å². The summed E-state index contributed by atoms with van der Waals surface area (Å²) in [6.45, 7) is 6.35. The second-order valence-electron chi connectivity index (χ2n) is 7.18. The Bertz CT molecular complexity index is 1190. The molecule has 2 aromatic carbocycles. The average Bonchev–Trinajstić information content (AvgIpc) is 3.20. The van der Waals surface area contributed by atoms with Crippen molar-refractivity contribution in [3.8, 4) is 0 Å². The molecule has 1 amide bonds. The van der Waals surface area contributed by atoms with Crippen molar-refractivity contribution in [1.82, 2.24) is 9.88 Å². The topological polar surface area (TPSA) is 70.6 Å². The third-order valence-electron chi connectivity index (χ3n) is 5.16. The van der Waals surface area contributed by atoms with E-state index in [4.69, 9.17) is 0 Å². The van der Waals surface area contributed by atoms with Crippen molar-refractivity contribution in [2.24, 2.45) is 0 Å². The van der Waals surface area contributed by atoms with Crippen molar-refractivity contribution >= 4 is 54.8 Å². The molecule has 0 saturated heterocycles. The van der Waals surface area contributed by atoms with Crippen LogP contribution in [0.5, 0.6) is 0 Å². The number of carbonyl (C=O) groups excluding carboxylic acids is 1. The number of amides is 1. The van der Waals surface area contributed by atoms with E-state index in [0.717, 1.165) is 30.5 Å². The molecule has 0 bridgehead atoms. The highest BCUT2D eigenvalue weighted by Crippen LogP contribution is 2.31. The summed E-state index contributed by atoms with van der Waals surface area (Å²) in [4.78, 5) is 20.9. The summed E-state index contributed by atoms with van der Waals surface area (Å²) < 4.78 is 53.2. The minimum atomic E-state index is -3.63. The van der Waals surface area contributed by atoms with E-state index in [1.165, 1.54) is 23.1 Å². The number of halogens is 3. The van der Waals surface area contributed by atoms with E-state index in [1.807, 2.05) is 13.8 Å². The van der Waals surface area contributed by atoms with E-state index < -0.39 is 27.4 Å². The van der Waals surface area contributed by atoms with Crippen LogP contribution < -0.4 is 4.90 Å². The average molecular weight is 518 g/mol. The number of sulfone groups is 1. The lowest BCUT2D eigenvalue weighted by Crippen LogP contribution is -2.39. The van der Waals surface area contributed by atoms with Crippen LogP contribution >= 0.6 is 23.7 Å². The maximum absolute atomic E-state index is 14.2. The first kappa shape index (κ1) is 27.1. The summed E-state index contributed by atoms with van der Waals surface area (Å²) >= 11 is 1.00. The number of hydrogen-bond acceptors (Lipinski definition) is 6. The van der Waals surface area contributed by atoms with Crippen LogP contribution in [0, 0.1) is 11.6 Å². The molecule has 1 heterocycles.